The van der Waals surface area contributed by atoms with E-state index in [9.17, 15) is 0 Å². The lowest BCUT2D eigenvalue weighted by Crippen LogP contribution is -2.07. The van der Waals surface area contributed by atoms with E-state index in [1.165, 1.54) is 11.1 Å². The van der Waals surface area contributed by atoms with Crippen LogP contribution >= 0.6 is 0 Å². The summed E-state index contributed by atoms with van der Waals surface area (Å²) in [5.41, 5.74) is 4.67. The Balaban J connectivity index is 1.61. The lowest BCUT2D eigenvalue weighted by atomic mass is 10.1. The molecule has 6 heteroatoms. The third kappa shape index (κ3) is 4.71. The highest BCUT2D eigenvalue weighted by atomic mass is 16.5. The summed E-state index contributed by atoms with van der Waals surface area (Å²) in [5.74, 6) is 3.01. The van der Waals surface area contributed by atoms with Crippen molar-refractivity contribution in [3.63, 3.8) is 0 Å². The van der Waals surface area contributed by atoms with Crippen molar-refractivity contribution in [2.45, 2.75) is 20.3 Å². The van der Waals surface area contributed by atoms with E-state index in [0.29, 0.717) is 0 Å². The SMILES string of the molecule is COc1ccc(CCNc2cc(Nc3cccc(C)c3C)ncn2)cc1OC. The Labute approximate surface area is 166 Å². The van der Waals surface area contributed by atoms with Crippen LogP contribution in [0, 0.1) is 13.8 Å². The molecule has 0 atom stereocenters. The molecule has 3 aromatic rings. The number of nitrogens with one attached hydrogen (secondary N) is 2. The maximum absolute atomic E-state index is 5.36. The molecule has 0 bridgehead atoms. The second-order valence-corrected chi connectivity index (χ2v) is 6.53. The first kappa shape index (κ1) is 19.5. The molecule has 0 unspecified atom stereocenters. The van der Waals surface area contributed by atoms with Crippen molar-refractivity contribution >= 4 is 17.3 Å². The van der Waals surface area contributed by atoms with Gasteiger partial charge in [0.25, 0.3) is 0 Å². The number of rotatable bonds is 8. The molecule has 1 aromatic heterocycles. The van der Waals surface area contributed by atoms with Crippen molar-refractivity contribution in [1.29, 1.82) is 0 Å². The van der Waals surface area contributed by atoms with Crippen molar-refractivity contribution in [1.82, 2.24) is 9.97 Å². The molecule has 0 saturated carbocycles. The summed E-state index contributed by atoms with van der Waals surface area (Å²) < 4.78 is 10.6. The fourth-order valence-corrected chi connectivity index (χ4v) is 2.92. The van der Waals surface area contributed by atoms with Gasteiger partial charge in [0.05, 0.1) is 14.2 Å². The Hall–Kier alpha value is -3.28. The minimum atomic E-state index is 0.733. The van der Waals surface area contributed by atoms with Crippen LogP contribution in [0.2, 0.25) is 0 Å². The molecule has 0 radical (unpaired) electrons. The normalized spacial score (nSPS) is 10.4. The van der Waals surface area contributed by atoms with Crippen LogP contribution in [-0.2, 0) is 6.42 Å². The summed E-state index contributed by atoms with van der Waals surface area (Å²) in [6.07, 6.45) is 2.40. The molecule has 28 heavy (non-hydrogen) atoms. The maximum atomic E-state index is 5.36. The standard InChI is InChI=1S/C22H26N4O2/c1-15-6-5-7-18(16(15)2)26-22-13-21(24-14-25-22)23-11-10-17-8-9-19(27-3)20(12-17)28-4/h5-9,12-14H,10-11H2,1-4H3,(H2,23,24,25,26). The number of nitrogens with zero attached hydrogens (tertiary/aromatic N) is 2. The Morgan fingerprint density at radius 3 is 2.46 bits per heavy atom. The van der Waals surface area contributed by atoms with Crippen LogP contribution in [0.25, 0.3) is 0 Å². The maximum Gasteiger partial charge on any atom is 0.160 e. The summed E-state index contributed by atoms with van der Waals surface area (Å²) in [4.78, 5) is 8.63. The van der Waals surface area contributed by atoms with Crippen molar-refractivity contribution in [2.24, 2.45) is 0 Å². The Morgan fingerprint density at radius 2 is 1.68 bits per heavy atom. The van der Waals surface area contributed by atoms with E-state index in [0.717, 1.165) is 47.4 Å². The van der Waals surface area contributed by atoms with Crippen molar-refractivity contribution in [3.05, 3.63) is 65.5 Å². The minimum Gasteiger partial charge on any atom is -0.493 e. The summed E-state index contributed by atoms with van der Waals surface area (Å²) in [6, 6.07) is 14.1. The van der Waals surface area contributed by atoms with Gasteiger partial charge >= 0.3 is 0 Å². The van der Waals surface area contributed by atoms with Gasteiger partial charge in [0.1, 0.15) is 18.0 Å². The lowest BCUT2D eigenvalue weighted by Gasteiger charge is -2.12. The van der Waals surface area contributed by atoms with Crippen LogP contribution in [0.1, 0.15) is 16.7 Å². The fraction of sp³-hybridized carbons (Fsp3) is 0.273. The van der Waals surface area contributed by atoms with Crippen LogP contribution in [0.5, 0.6) is 11.5 Å². The van der Waals surface area contributed by atoms with Gasteiger partial charge in [-0.2, -0.15) is 0 Å². The molecule has 1 heterocycles. The van der Waals surface area contributed by atoms with E-state index >= 15 is 0 Å². The zero-order chi connectivity index (χ0) is 19.9. The predicted molar refractivity (Wildman–Crippen MR) is 113 cm³/mol. The van der Waals surface area contributed by atoms with Crippen molar-refractivity contribution < 1.29 is 9.47 Å². The zero-order valence-corrected chi connectivity index (χ0v) is 16.7. The van der Waals surface area contributed by atoms with Gasteiger partial charge in [-0.1, -0.05) is 18.2 Å². The van der Waals surface area contributed by atoms with Gasteiger partial charge < -0.3 is 20.1 Å². The largest absolute Gasteiger partial charge is 0.493 e. The van der Waals surface area contributed by atoms with Crippen LogP contribution in [0.15, 0.2) is 48.8 Å². The highest BCUT2D eigenvalue weighted by Gasteiger charge is 2.06. The van der Waals surface area contributed by atoms with Gasteiger partial charge in [-0.25, -0.2) is 9.97 Å². The smallest absolute Gasteiger partial charge is 0.160 e. The van der Waals surface area contributed by atoms with Gasteiger partial charge in [-0.05, 0) is 55.2 Å². The first-order valence-electron chi connectivity index (χ1n) is 9.20. The van der Waals surface area contributed by atoms with Gasteiger partial charge in [0.2, 0.25) is 0 Å². The Bertz CT molecular complexity index is 944. The molecule has 2 aromatic carbocycles. The van der Waals surface area contributed by atoms with Gasteiger partial charge in [0, 0.05) is 18.3 Å². The molecule has 0 spiro atoms. The Morgan fingerprint density at radius 1 is 0.893 bits per heavy atom. The van der Waals surface area contributed by atoms with Crippen LogP contribution < -0.4 is 20.1 Å². The molecule has 0 saturated heterocycles. The third-order valence-electron chi connectivity index (χ3n) is 4.70. The number of ether oxygens (including phenoxy) is 2. The lowest BCUT2D eigenvalue weighted by molar-refractivity contribution is 0.354. The van der Waals surface area contributed by atoms with E-state index in [1.54, 1.807) is 20.5 Å². The number of aryl methyl sites for hydroxylation is 1. The molecule has 0 fully saturated rings. The molecule has 3 rings (SSSR count). The van der Waals surface area contributed by atoms with Gasteiger partial charge in [-0.3, -0.25) is 0 Å². The molecule has 146 valence electrons. The van der Waals surface area contributed by atoms with E-state index in [2.05, 4.69) is 46.6 Å². The molecule has 0 amide bonds. The monoisotopic (exact) mass is 378 g/mol. The average molecular weight is 378 g/mol. The predicted octanol–water partition coefficient (Wildman–Crippen LogP) is 4.51. The summed E-state index contributed by atoms with van der Waals surface area (Å²) in [6.45, 7) is 4.94. The van der Waals surface area contributed by atoms with Crippen LogP contribution in [-0.4, -0.2) is 30.7 Å². The Kier molecular flexibility index (Phi) is 6.32. The van der Waals surface area contributed by atoms with E-state index in [1.807, 2.05) is 30.3 Å². The van der Waals surface area contributed by atoms with E-state index in [-0.39, 0.29) is 0 Å². The van der Waals surface area contributed by atoms with Crippen molar-refractivity contribution in [3.8, 4) is 11.5 Å². The highest BCUT2D eigenvalue weighted by Crippen LogP contribution is 2.27. The second kappa shape index (κ2) is 9.08. The quantitative estimate of drug-likeness (QED) is 0.601. The van der Waals surface area contributed by atoms with Gasteiger partial charge in [0.15, 0.2) is 11.5 Å². The third-order valence-corrected chi connectivity index (χ3v) is 4.70. The average Bonchev–Trinajstić information content (AvgIpc) is 2.71. The van der Waals surface area contributed by atoms with E-state index in [4.69, 9.17) is 9.47 Å². The number of hydrogen-bond acceptors (Lipinski definition) is 6. The number of anilines is 3. The first-order valence-corrected chi connectivity index (χ1v) is 9.20. The topological polar surface area (TPSA) is 68.3 Å². The number of benzene rings is 2. The molecular formula is C22H26N4O2. The second-order valence-electron chi connectivity index (χ2n) is 6.53. The fourth-order valence-electron chi connectivity index (χ4n) is 2.92. The molecule has 0 aliphatic rings. The number of hydrogen-bond donors (Lipinski definition) is 2. The summed E-state index contributed by atoms with van der Waals surface area (Å²) in [5, 5.41) is 6.72. The van der Waals surface area contributed by atoms with Gasteiger partial charge in [-0.15, -0.1) is 0 Å². The number of aromatic nitrogens is 2. The van der Waals surface area contributed by atoms with Crippen LogP contribution in [0.4, 0.5) is 17.3 Å². The van der Waals surface area contributed by atoms with E-state index < -0.39 is 0 Å². The summed E-state index contributed by atoms with van der Waals surface area (Å²) >= 11 is 0. The van der Waals surface area contributed by atoms with Crippen molar-refractivity contribution in [2.75, 3.05) is 31.4 Å². The summed E-state index contributed by atoms with van der Waals surface area (Å²) in [7, 11) is 3.28. The first-order chi connectivity index (χ1) is 13.6. The van der Waals surface area contributed by atoms with Crippen LogP contribution in [0.3, 0.4) is 0 Å². The molecule has 2 N–H and O–H groups in total. The highest BCUT2D eigenvalue weighted by molar-refractivity contribution is 5.63. The minimum absolute atomic E-state index is 0.733. The zero-order valence-electron chi connectivity index (χ0n) is 16.7. The molecular weight excluding hydrogens is 352 g/mol. The molecule has 0 aliphatic carbocycles. The number of methoxy groups -OCH3 is 2. The molecule has 0 aliphatic heterocycles. The molecule has 6 nitrogen and oxygen atoms in total.